The van der Waals surface area contributed by atoms with Gasteiger partial charge in [-0.25, -0.2) is 4.39 Å². The molecule has 0 aromatic heterocycles. The van der Waals surface area contributed by atoms with Crippen molar-refractivity contribution in [3.05, 3.63) is 35.6 Å². The molecule has 1 nitrogen and oxygen atoms in total. The van der Waals surface area contributed by atoms with E-state index in [2.05, 4.69) is 12.2 Å². The van der Waals surface area contributed by atoms with Crippen LogP contribution in [0.4, 0.5) is 4.39 Å². The highest BCUT2D eigenvalue weighted by Crippen LogP contribution is 2.07. The largest absolute Gasteiger partial charge is 0.313 e. The van der Waals surface area contributed by atoms with Crippen molar-refractivity contribution in [1.82, 2.24) is 5.32 Å². The van der Waals surface area contributed by atoms with Crippen molar-refractivity contribution in [3.63, 3.8) is 0 Å². The Balaban J connectivity index is 2.12. The van der Waals surface area contributed by atoms with E-state index in [1.165, 1.54) is 6.07 Å². The number of hydrogen-bond donors (Lipinski definition) is 1. The van der Waals surface area contributed by atoms with E-state index in [1.807, 2.05) is 6.07 Å². The van der Waals surface area contributed by atoms with Crippen LogP contribution in [0.2, 0.25) is 0 Å². The van der Waals surface area contributed by atoms with Crippen LogP contribution in [0.1, 0.15) is 25.3 Å². The first-order chi connectivity index (χ1) is 7.72. The molecule has 0 spiro atoms. The van der Waals surface area contributed by atoms with Gasteiger partial charge in [0, 0.05) is 12.4 Å². The minimum absolute atomic E-state index is 0.171. The van der Waals surface area contributed by atoms with Crippen LogP contribution in [0.5, 0.6) is 0 Å². The molecule has 0 heterocycles. The zero-order valence-corrected chi connectivity index (χ0v) is 10.4. The molecule has 3 heteroatoms. The molecule has 90 valence electrons. The van der Waals surface area contributed by atoms with Crippen LogP contribution in [-0.4, -0.2) is 12.4 Å². The Morgan fingerprint density at radius 2 is 2.25 bits per heavy atom. The maximum atomic E-state index is 12.9. The Labute approximate surface area is 102 Å². The van der Waals surface area contributed by atoms with Gasteiger partial charge in [0.15, 0.2) is 0 Å². The molecule has 16 heavy (non-hydrogen) atoms. The topological polar surface area (TPSA) is 12.0 Å². The van der Waals surface area contributed by atoms with E-state index in [0.717, 1.165) is 37.4 Å². The van der Waals surface area contributed by atoms with E-state index in [4.69, 9.17) is 11.6 Å². The van der Waals surface area contributed by atoms with Gasteiger partial charge in [-0.3, -0.25) is 0 Å². The minimum Gasteiger partial charge on any atom is -0.313 e. The Bertz CT molecular complexity index is 304. The van der Waals surface area contributed by atoms with Crippen LogP contribution in [0.15, 0.2) is 24.3 Å². The summed E-state index contributed by atoms with van der Waals surface area (Å²) >= 11 is 5.72. The summed E-state index contributed by atoms with van der Waals surface area (Å²) in [4.78, 5) is 0. The normalized spacial score (nSPS) is 12.7. The van der Waals surface area contributed by atoms with Crippen molar-refractivity contribution in [2.75, 3.05) is 12.4 Å². The smallest absolute Gasteiger partial charge is 0.123 e. The second-order valence-electron chi connectivity index (χ2n) is 4.21. The molecule has 1 aromatic rings. The lowest BCUT2D eigenvalue weighted by Gasteiger charge is -2.08. The molecule has 1 unspecified atom stereocenters. The molecule has 1 aromatic carbocycles. The lowest BCUT2D eigenvalue weighted by Crippen LogP contribution is -2.15. The zero-order valence-electron chi connectivity index (χ0n) is 9.68. The predicted molar refractivity (Wildman–Crippen MR) is 67.2 cm³/mol. The first-order valence-corrected chi connectivity index (χ1v) is 6.27. The Kier molecular flexibility index (Phi) is 6.43. The summed E-state index contributed by atoms with van der Waals surface area (Å²) in [7, 11) is 0. The Hall–Kier alpha value is -0.600. The lowest BCUT2D eigenvalue weighted by atomic mass is 10.1. The van der Waals surface area contributed by atoms with Gasteiger partial charge in [0.2, 0.25) is 0 Å². The molecule has 0 aliphatic carbocycles. The summed E-state index contributed by atoms with van der Waals surface area (Å²) < 4.78 is 12.9. The van der Waals surface area contributed by atoms with Crippen LogP contribution in [-0.2, 0) is 6.54 Å². The molecule has 1 atom stereocenters. The van der Waals surface area contributed by atoms with E-state index in [1.54, 1.807) is 12.1 Å². The van der Waals surface area contributed by atoms with Gasteiger partial charge in [0.1, 0.15) is 5.82 Å². The van der Waals surface area contributed by atoms with Crippen LogP contribution < -0.4 is 5.32 Å². The molecular weight excluding hydrogens is 225 g/mol. The first kappa shape index (κ1) is 13.5. The first-order valence-electron chi connectivity index (χ1n) is 5.73. The number of alkyl halides is 1. The fourth-order valence-corrected chi connectivity index (χ4v) is 1.69. The van der Waals surface area contributed by atoms with Crippen LogP contribution in [0.25, 0.3) is 0 Å². The fourth-order valence-electron chi connectivity index (χ4n) is 1.53. The van der Waals surface area contributed by atoms with Crippen molar-refractivity contribution in [2.24, 2.45) is 5.92 Å². The highest BCUT2D eigenvalue weighted by atomic mass is 35.5. The lowest BCUT2D eigenvalue weighted by molar-refractivity contribution is 0.530. The highest BCUT2D eigenvalue weighted by Gasteiger charge is 1.99. The quantitative estimate of drug-likeness (QED) is 0.570. The van der Waals surface area contributed by atoms with Gasteiger partial charge in [-0.2, -0.15) is 0 Å². The van der Waals surface area contributed by atoms with Crippen molar-refractivity contribution in [1.29, 1.82) is 0 Å². The van der Waals surface area contributed by atoms with Crippen LogP contribution in [0.3, 0.4) is 0 Å². The maximum Gasteiger partial charge on any atom is 0.123 e. The average molecular weight is 244 g/mol. The number of halogens is 2. The van der Waals surface area contributed by atoms with E-state index >= 15 is 0 Å². The third kappa shape index (κ3) is 5.47. The SMILES string of the molecule is CC(CCl)CCCNCc1cccc(F)c1. The summed E-state index contributed by atoms with van der Waals surface area (Å²) in [6, 6.07) is 6.69. The van der Waals surface area contributed by atoms with Crippen molar-refractivity contribution in [3.8, 4) is 0 Å². The molecule has 1 N–H and O–H groups in total. The van der Waals surface area contributed by atoms with Gasteiger partial charge >= 0.3 is 0 Å². The molecule has 0 bridgehead atoms. The molecule has 0 aliphatic rings. The summed E-state index contributed by atoms with van der Waals surface area (Å²) in [6.45, 7) is 3.84. The third-order valence-electron chi connectivity index (χ3n) is 2.53. The molecule has 0 saturated carbocycles. The summed E-state index contributed by atoms with van der Waals surface area (Å²) in [5.41, 5.74) is 0.991. The second kappa shape index (κ2) is 7.64. The number of hydrogen-bond acceptors (Lipinski definition) is 1. The standard InChI is InChI=1S/C13H19ClFN/c1-11(9-14)4-3-7-16-10-12-5-2-6-13(15)8-12/h2,5-6,8,11,16H,3-4,7,9-10H2,1H3. The van der Waals surface area contributed by atoms with Gasteiger partial charge in [-0.05, 0) is 43.0 Å². The van der Waals surface area contributed by atoms with Gasteiger partial charge < -0.3 is 5.32 Å². The maximum absolute atomic E-state index is 12.9. The minimum atomic E-state index is -0.171. The molecule has 0 amide bonds. The van der Waals surface area contributed by atoms with E-state index < -0.39 is 0 Å². The van der Waals surface area contributed by atoms with Crippen LogP contribution in [0, 0.1) is 11.7 Å². The number of nitrogens with one attached hydrogen (secondary N) is 1. The van der Waals surface area contributed by atoms with Crippen LogP contribution >= 0.6 is 11.6 Å². The predicted octanol–water partition coefficient (Wildman–Crippen LogP) is 3.57. The molecule has 1 rings (SSSR count). The average Bonchev–Trinajstić information content (AvgIpc) is 2.28. The summed E-state index contributed by atoms with van der Waals surface area (Å²) in [6.07, 6.45) is 2.25. The van der Waals surface area contributed by atoms with Gasteiger partial charge in [-0.15, -0.1) is 11.6 Å². The van der Waals surface area contributed by atoms with Gasteiger partial charge in [0.25, 0.3) is 0 Å². The zero-order chi connectivity index (χ0) is 11.8. The summed E-state index contributed by atoms with van der Waals surface area (Å²) in [5, 5.41) is 3.30. The molecule has 0 fully saturated rings. The monoisotopic (exact) mass is 243 g/mol. The van der Waals surface area contributed by atoms with E-state index in [9.17, 15) is 4.39 Å². The highest BCUT2D eigenvalue weighted by molar-refractivity contribution is 6.18. The number of rotatable bonds is 7. The molecule has 0 aliphatic heterocycles. The van der Waals surface area contributed by atoms with E-state index in [-0.39, 0.29) is 5.82 Å². The van der Waals surface area contributed by atoms with Crippen molar-refractivity contribution >= 4 is 11.6 Å². The van der Waals surface area contributed by atoms with Gasteiger partial charge in [0.05, 0.1) is 0 Å². The third-order valence-corrected chi connectivity index (χ3v) is 3.06. The molecular formula is C13H19ClFN. The summed E-state index contributed by atoms with van der Waals surface area (Å²) in [5.74, 6) is 1.14. The van der Waals surface area contributed by atoms with Crippen molar-refractivity contribution in [2.45, 2.75) is 26.3 Å². The Morgan fingerprint density at radius 1 is 1.44 bits per heavy atom. The van der Waals surface area contributed by atoms with Gasteiger partial charge in [-0.1, -0.05) is 19.1 Å². The molecule has 0 radical (unpaired) electrons. The Morgan fingerprint density at radius 3 is 2.94 bits per heavy atom. The van der Waals surface area contributed by atoms with E-state index in [0.29, 0.717) is 5.92 Å². The second-order valence-corrected chi connectivity index (χ2v) is 4.52. The molecule has 0 saturated heterocycles. The van der Waals surface area contributed by atoms with Crippen molar-refractivity contribution < 1.29 is 4.39 Å². The fraction of sp³-hybridized carbons (Fsp3) is 0.538. The number of benzene rings is 1.